The first-order chi connectivity index (χ1) is 8.20. The first-order valence-corrected chi connectivity index (χ1v) is 5.81. The van der Waals surface area contributed by atoms with E-state index in [2.05, 4.69) is 22.1 Å². The number of aryl methyl sites for hydroxylation is 2. The molecule has 0 radical (unpaired) electrons. The van der Waals surface area contributed by atoms with Gasteiger partial charge in [0.1, 0.15) is 12.2 Å². The molecule has 2 rings (SSSR count). The van der Waals surface area contributed by atoms with Crippen molar-refractivity contribution in [2.24, 2.45) is 12.8 Å². The van der Waals surface area contributed by atoms with Gasteiger partial charge in [0.25, 0.3) is 0 Å². The molecule has 0 spiro atoms. The quantitative estimate of drug-likeness (QED) is 0.825. The molecule has 0 aromatic carbocycles. The molecule has 0 amide bonds. The van der Waals surface area contributed by atoms with Gasteiger partial charge in [-0.3, -0.25) is 9.36 Å². The van der Waals surface area contributed by atoms with Crippen molar-refractivity contribution in [1.29, 1.82) is 0 Å². The van der Waals surface area contributed by atoms with E-state index in [0.717, 1.165) is 24.4 Å². The van der Waals surface area contributed by atoms with Crippen molar-refractivity contribution in [3.63, 3.8) is 0 Å². The van der Waals surface area contributed by atoms with E-state index in [-0.39, 0.29) is 6.04 Å². The monoisotopic (exact) mass is 234 g/mol. The van der Waals surface area contributed by atoms with E-state index in [1.165, 1.54) is 0 Å². The third kappa shape index (κ3) is 2.71. The van der Waals surface area contributed by atoms with E-state index in [9.17, 15) is 0 Å². The van der Waals surface area contributed by atoms with Crippen molar-refractivity contribution in [1.82, 2.24) is 24.5 Å². The molecular weight excluding hydrogens is 216 g/mol. The van der Waals surface area contributed by atoms with Gasteiger partial charge in [0.2, 0.25) is 0 Å². The zero-order chi connectivity index (χ0) is 12.3. The van der Waals surface area contributed by atoms with Gasteiger partial charge < -0.3 is 5.73 Å². The fourth-order valence-electron chi connectivity index (χ4n) is 1.79. The first-order valence-electron chi connectivity index (χ1n) is 5.81. The Labute approximate surface area is 100 Å². The van der Waals surface area contributed by atoms with Gasteiger partial charge in [-0.25, -0.2) is 4.98 Å². The van der Waals surface area contributed by atoms with E-state index in [4.69, 9.17) is 5.73 Å². The Morgan fingerprint density at radius 2 is 2.24 bits per heavy atom. The van der Waals surface area contributed by atoms with Crippen molar-refractivity contribution < 1.29 is 0 Å². The number of aromatic nitrogens is 5. The van der Waals surface area contributed by atoms with Crippen LogP contribution in [0.3, 0.4) is 0 Å². The van der Waals surface area contributed by atoms with E-state index < -0.39 is 0 Å². The molecule has 2 aromatic heterocycles. The Morgan fingerprint density at radius 3 is 2.88 bits per heavy atom. The van der Waals surface area contributed by atoms with E-state index in [0.29, 0.717) is 6.42 Å². The summed E-state index contributed by atoms with van der Waals surface area (Å²) in [5.74, 6) is 0.934. The molecule has 0 bridgehead atoms. The Bertz CT molecular complexity index is 472. The van der Waals surface area contributed by atoms with Crippen molar-refractivity contribution in [3.05, 3.63) is 30.1 Å². The average molecular weight is 234 g/mol. The summed E-state index contributed by atoms with van der Waals surface area (Å²) in [6, 6.07) is -0.0801. The fourth-order valence-corrected chi connectivity index (χ4v) is 1.79. The summed E-state index contributed by atoms with van der Waals surface area (Å²) < 4.78 is 3.67. The molecule has 2 heterocycles. The van der Waals surface area contributed by atoms with Crippen molar-refractivity contribution in [2.75, 3.05) is 0 Å². The maximum atomic E-state index is 6.13. The third-order valence-corrected chi connectivity index (χ3v) is 2.69. The number of hydrogen-bond donors (Lipinski definition) is 1. The van der Waals surface area contributed by atoms with Crippen LogP contribution in [0.2, 0.25) is 0 Å². The number of nitrogens with zero attached hydrogens (tertiary/aromatic N) is 5. The highest BCUT2D eigenvalue weighted by Gasteiger charge is 2.13. The van der Waals surface area contributed by atoms with Gasteiger partial charge in [-0.2, -0.15) is 10.2 Å². The summed E-state index contributed by atoms with van der Waals surface area (Å²) in [6.07, 6.45) is 7.04. The Hall–Kier alpha value is -1.69. The topological polar surface area (TPSA) is 74.6 Å². The number of nitrogens with two attached hydrogens (primary N) is 1. The Balaban J connectivity index is 2.07. The van der Waals surface area contributed by atoms with Crippen LogP contribution < -0.4 is 5.73 Å². The van der Waals surface area contributed by atoms with Crippen LogP contribution in [0.25, 0.3) is 0 Å². The van der Waals surface area contributed by atoms with Crippen molar-refractivity contribution in [3.8, 4) is 0 Å². The van der Waals surface area contributed by atoms with Gasteiger partial charge in [0, 0.05) is 37.8 Å². The molecule has 92 valence electrons. The molecule has 0 aliphatic rings. The molecule has 2 aromatic rings. The van der Waals surface area contributed by atoms with Crippen LogP contribution in [0.1, 0.15) is 30.8 Å². The summed E-state index contributed by atoms with van der Waals surface area (Å²) >= 11 is 0. The predicted molar refractivity (Wildman–Crippen MR) is 64.2 cm³/mol. The largest absolute Gasteiger partial charge is 0.323 e. The number of hydrogen-bond acceptors (Lipinski definition) is 4. The summed E-state index contributed by atoms with van der Waals surface area (Å²) in [7, 11) is 1.88. The lowest BCUT2D eigenvalue weighted by Gasteiger charge is -2.09. The molecule has 0 fully saturated rings. The SMILES string of the molecule is CCCn1ncnc1CC(N)c1cnn(C)c1. The van der Waals surface area contributed by atoms with Gasteiger partial charge in [-0.05, 0) is 6.42 Å². The molecule has 6 nitrogen and oxygen atoms in total. The highest BCUT2D eigenvalue weighted by Crippen LogP contribution is 2.13. The van der Waals surface area contributed by atoms with E-state index >= 15 is 0 Å². The van der Waals surface area contributed by atoms with Crippen molar-refractivity contribution in [2.45, 2.75) is 32.4 Å². The molecule has 0 aliphatic heterocycles. The molecule has 0 saturated heterocycles. The maximum absolute atomic E-state index is 6.13. The highest BCUT2D eigenvalue weighted by atomic mass is 15.3. The van der Waals surface area contributed by atoms with Gasteiger partial charge >= 0.3 is 0 Å². The summed E-state index contributed by atoms with van der Waals surface area (Å²) in [4.78, 5) is 4.25. The van der Waals surface area contributed by atoms with Crippen LogP contribution in [-0.4, -0.2) is 24.5 Å². The van der Waals surface area contributed by atoms with Gasteiger partial charge in [-0.1, -0.05) is 6.92 Å². The lowest BCUT2D eigenvalue weighted by Crippen LogP contribution is -2.16. The predicted octanol–water partition coefficient (Wildman–Crippen LogP) is 0.664. The molecule has 0 saturated carbocycles. The fraction of sp³-hybridized carbons (Fsp3) is 0.545. The normalized spacial score (nSPS) is 12.9. The second-order valence-corrected chi connectivity index (χ2v) is 4.16. The van der Waals surface area contributed by atoms with Crippen molar-refractivity contribution >= 4 is 0 Å². The zero-order valence-electron chi connectivity index (χ0n) is 10.2. The smallest absolute Gasteiger partial charge is 0.138 e. The maximum Gasteiger partial charge on any atom is 0.138 e. The second kappa shape index (κ2) is 5.09. The minimum atomic E-state index is -0.0801. The molecule has 6 heteroatoms. The molecule has 1 atom stereocenters. The van der Waals surface area contributed by atoms with Crippen LogP contribution in [0.15, 0.2) is 18.7 Å². The average Bonchev–Trinajstić information content (AvgIpc) is 2.89. The standard InChI is InChI=1S/C11H18N6/c1-3-4-17-11(13-8-15-17)5-10(12)9-6-14-16(2)7-9/h6-8,10H,3-5,12H2,1-2H3. The van der Waals surface area contributed by atoms with Crippen LogP contribution >= 0.6 is 0 Å². The highest BCUT2D eigenvalue weighted by molar-refractivity contribution is 5.11. The number of rotatable bonds is 5. The Kier molecular flexibility index (Phi) is 3.53. The minimum absolute atomic E-state index is 0.0801. The summed E-state index contributed by atoms with van der Waals surface area (Å²) in [5.41, 5.74) is 7.16. The minimum Gasteiger partial charge on any atom is -0.323 e. The molecule has 0 aliphatic carbocycles. The van der Waals surface area contributed by atoms with Crippen LogP contribution in [-0.2, 0) is 20.0 Å². The second-order valence-electron chi connectivity index (χ2n) is 4.16. The molecule has 17 heavy (non-hydrogen) atoms. The zero-order valence-corrected chi connectivity index (χ0v) is 10.2. The van der Waals surface area contributed by atoms with Gasteiger partial charge in [0.05, 0.1) is 6.20 Å². The van der Waals surface area contributed by atoms with E-state index in [1.54, 1.807) is 17.2 Å². The lowest BCUT2D eigenvalue weighted by atomic mass is 10.1. The molecule has 1 unspecified atom stereocenters. The Morgan fingerprint density at radius 1 is 1.41 bits per heavy atom. The summed E-state index contributed by atoms with van der Waals surface area (Å²) in [6.45, 7) is 3.00. The molecule has 2 N–H and O–H groups in total. The van der Waals surface area contributed by atoms with Crippen LogP contribution in [0.4, 0.5) is 0 Å². The third-order valence-electron chi connectivity index (χ3n) is 2.69. The lowest BCUT2D eigenvalue weighted by molar-refractivity contribution is 0.548. The van der Waals surface area contributed by atoms with E-state index in [1.807, 2.05) is 17.9 Å². The van der Waals surface area contributed by atoms with Crippen LogP contribution in [0, 0.1) is 0 Å². The van der Waals surface area contributed by atoms with Gasteiger partial charge in [-0.15, -0.1) is 0 Å². The molecular formula is C11H18N6. The first kappa shape index (κ1) is 11.8. The van der Waals surface area contributed by atoms with Crippen LogP contribution in [0.5, 0.6) is 0 Å². The summed E-state index contributed by atoms with van der Waals surface area (Å²) in [5, 5.41) is 8.31. The van der Waals surface area contributed by atoms with Gasteiger partial charge in [0.15, 0.2) is 0 Å².